The third-order valence-electron chi connectivity index (χ3n) is 3.69. The Kier molecular flexibility index (Phi) is 3.52. The van der Waals surface area contributed by atoms with E-state index in [1.165, 1.54) is 0 Å². The molecule has 2 heteroatoms. The van der Waals surface area contributed by atoms with E-state index in [0.717, 1.165) is 6.42 Å². The summed E-state index contributed by atoms with van der Waals surface area (Å²) in [4.78, 5) is 0. The molecule has 0 aromatic rings. The molecule has 1 N–H and O–H groups in total. The molecule has 1 aliphatic heterocycles. The molecule has 3 unspecified atom stereocenters. The lowest BCUT2D eigenvalue weighted by atomic mass is 9.68. The van der Waals surface area contributed by atoms with Gasteiger partial charge in [-0.05, 0) is 23.2 Å². The number of ether oxygens (including phenoxy) is 1. The van der Waals surface area contributed by atoms with Crippen LogP contribution < -0.4 is 0 Å². The Morgan fingerprint density at radius 3 is 1.93 bits per heavy atom. The van der Waals surface area contributed by atoms with E-state index < -0.39 is 6.29 Å². The molecule has 0 aromatic heterocycles. The fourth-order valence-electron chi connectivity index (χ4n) is 2.21. The highest BCUT2D eigenvalue weighted by molar-refractivity contribution is 4.86. The van der Waals surface area contributed by atoms with Crippen LogP contribution in [-0.2, 0) is 4.74 Å². The first-order valence-electron chi connectivity index (χ1n) is 5.92. The van der Waals surface area contributed by atoms with Gasteiger partial charge in [-0.3, -0.25) is 0 Å². The van der Waals surface area contributed by atoms with Gasteiger partial charge in [-0.2, -0.15) is 0 Å². The minimum Gasteiger partial charge on any atom is -0.368 e. The van der Waals surface area contributed by atoms with Crippen molar-refractivity contribution < 1.29 is 9.84 Å². The normalized spacial score (nSPS) is 34.2. The largest absolute Gasteiger partial charge is 0.368 e. The van der Waals surface area contributed by atoms with Crippen LogP contribution in [0.4, 0.5) is 0 Å². The number of aliphatic hydroxyl groups is 1. The van der Waals surface area contributed by atoms with Gasteiger partial charge in [0.2, 0.25) is 0 Å². The number of hydrogen-bond donors (Lipinski definition) is 1. The van der Waals surface area contributed by atoms with Crippen molar-refractivity contribution in [3.05, 3.63) is 0 Å². The van der Waals surface area contributed by atoms with Gasteiger partial charge in [0.1, 0.15) is 0 Å². The molecule has 1 fully saturated rings. The van der Waals surface area contributed by atoms with Crippen LogP contribution in [0.15, 0.2) is 0 Å². The van der Waals surface area contributed by atoms with Crippen LogP contribution in [0.3, 0.4) is 0 Å². The summed E-state index contributed by atoms with van der Waals surface area (Å²) < 4.78 is 5.51. The lowest BCUT2D eigenvalue weighted by Crippen LogP contribution is -2.44. The molecule has 0 bridgehead atoms. The van der Waals surface area contributed by atoms with E-state index in [4.69, 9.17) is 4.74 Å². The Morgan fingerprint density at radius 2 is 1.53 bits per heavy atom. The van der Waals surface area contributed by atoms with Gasteiger partial charge >= 0.3 is 0 Å². The highest BCUT2D eigenvalue weighted by Gasteiger charge is 2.41. The van der Waals surface area contributed by atoms with Gasteiger partial charge < -0.3 is 9.84 Å². The van der Waals surface area contributed by atoms with E-state index >= 15 is 0 Å². The molecule has 0 saturated carbocycles. The third kappa shape index (κ3) is 3.18. The van der Waals surface area contributed by atoms with Gasteiger partial charge in [-0.25, -0.2) is 0 Å². The summed E-state index contributed by atoms with van der Waals surface area (Å²) in [6.07, 6.45) is 0.484. The predicted molar refractivity (Wildman–Crippen MR) is 62.5 cm³/mol. The topological polar surface area (TPSA) is 29.5 Å². The molecule has 15 heavy (non-hydrogen) atoms. The van der Waals surface area contributed by atoms with Gasteiger partial charge in [-0.1, -0.05) is 41.5 Å². The van der Waals surface area contributed by atoms with Crippen LogP contribution in [0.25, 0.3) is 0 Å². The lowest BCUT2D eigenvalue weighted by Gasteiger charge is -2.44. The second-order valence-corrected chi connectivity index (χ2v) is 7.00. The Labute approximate surface area is 94.0 Å². The molecule has 0 aliphatic carbocycles. The smallest absolute Gasteiger partial charge is 0.157 e. The molecule has 90 valence electrons. The van der Waals surface area contributed by atoms with E-state index in [1.54, 1.807) is 0 Å². The molecule has 1 rings (SSSR count). The second-order valence-electron chi connectivity index (χ2n) is 7.00. The summed E-state index contributed by atoms with van der Waals surface area (Å²) in [6.45, 7) is 14.0. The van der Waals surface area contributed by atoms with Crippen molar-refractivity contribution in [3.8, 4) is 0 Å². The van der Waals surface area contributed by atoms with Crippen molar-refractivity contribution in [2.45, 2.75) is 54.3 Å². The molecule has 3 atom stereocenters. The maximum Gasteiger partial charge on any atom is 0.157 e. The average molecular weight is 214 g/mol. The molecule has 0 radical (unpaired) electrons. The maximum atomic E-state index is 9.87. The highest BCUT2D eigenvalue weighted by Crippen LogP contribution is 2.42. The van der Waals surface area contributed by atoms with Gasteiger partial charge in [-0.15, -0.1) is 0 Å². The van der Waals surface area contributed by atoms with E-state index in [0.29, 0.717) is 12.5 Å². The van der Waals surface area contributed by atoms with Crippen LogP contribution in [0.1, 0.15) is 48.0 Å². The molecule has 0 spiro atoms. The quantitative estimate of drug-likeness (QED) is 0.671. The molecule has 1 saturated heterocycles. The highest BCUT2D eigenvalue weighted by atomic mass is 16.6. The number of hydrogen-bond acceptors (Lipinski definition) is 2. The standard InChI is InChI=1S/C13H26O2/c1-12(2,3)9-7-10(13(4,5)6)11(14)15-8-9/h9-11,14H,7-8H2,1-6H3. The van der Waals surface area contributed by atoms with E-state index in [1.807, 2.05) is 0 Å². The fraction of sp³-hybridized carbons (Fsp3) is 1.00. The maximum absolute atomic E-state index is 9.87. The first kappa shape index (κ1) is 13.0. The van der Waals surface area contributed by atoms with Gasteiger partial charge in [0.15, 0.2) is 6.29 Å². The first-order chi connectivity index (χ1) is 6.62. The molecule has 0 amide bonds. The summed E-state index contributed by atoms with van der Waals surface area (Å²) in [6, 6.07) is 0. The summed E-state index contributed by atoms with van der Waals surface area (Å²) in [5.74, 6) is 0.792. The average Bonchev–Trinajstić information content (AvgIpc) is 2.00. The van der Waals surface area contributed by atoms with Crippen LogP contribution in [-0.4, -0.2) is 18.0 Å². The second kappa shape index (κ2) is 4.06. The van der Waals surface area contributed by atoms with Gasteiger partial charge in [0.05, 0.1) is 6.61 Å². The Hall–Kier alpha value is -0.0800. The van der Waals surface area contributed by atoms with Crippen LogP contribution in [0.2, 0.25) is 0 Å². The zero-order valence-electron chi connectivity index (χ0n) is 11.0. The summed E-state index contributed by atoms with van der Waals surface area (Å²) in [5, 5.41) is 9.87. The zero-order chi connectivity index (χ0) is 11.9. The fourth-order valence-corrected chi connectivity index (χ4v) is 2.21. The minimum atomic E-state index is -0.580. The molecule has 1 heterocycles. The third-order valence-corrected chi connectivity index (χ3v) is 3.69. The minimum absolute atomic E-state index is 0.114. The summed E-state index contributed by atoms with van der Waals surface area (Å²) in [5.41, 5.74) is 0.382. The molecule has 2 nitrogen and oxygen atoms in total. The Morgan fingerprint density at radius 1 is 1.00 bits per heavy atom. The van der Waals surface area contributed by atoms with Crippen LogP contribution in [0.5, 0.6) is 0 Å². The van der Waals surface area contributed by atoms with E-state index in [2.05, 4.69) is 41.5 Å². The van der Waals surface area contributed by atoms with Gasteiger partial charge in [0.25, 0.3) is 0 Å². The van der Waals surface area contributed by atoms with Crippen molar-refractivity contribution in [1.29, 1.82) is 0 Å². The Bertz CT molecular complexity index is 210. The van der Waals surface area contributed by atoms with Gasteiger partial charge in [0, 0.05) is 5.92 Å². The molecule has 0 aromatic carbocycles. The number of rotatable bonds is 0. The first-order valence-corrected chi connectivity index (χ1v) is 5.92. The molecular formula is C13H26O2. The number of aliphatic hydroxyl groups excluding tert-OH is 1. The summed E-state index contributed by atoms with van der Waals surface area (Å²) in [7, 11) is 0. The van der Waals surface area contributed by atoms with E-state index in [9.17, 15) is 5.11 Å². The summed E-state index contributed by atoms with van der Waals surface area (Å²) >= 11 is 0. The van der Waals surface area contributed by atoms with Crippen molar-refractivity contribution in [2.24, 2.45) is 22.7 Å². The lowest BCUT2D eigenvalue weighted by molar-refractivity contribution is -0.208. The SMILES string of the molecule is CC(C)(C)C1COC(O)C(C(C)(C)C)C1. The zero-order valence-corrected chi connectivity index (χ0v) is 11.0. The van der Waals surface area contributed by atoms with Crippen molar-refractivity contribution >= 4 is 0 Å². The predicted octanol–water partition coefficient (Wildman–Crippen LogP) is 3.05. The Balaban J connectivity index is 2.73. The van der Waals surface area contributed by atoms with E-state index in [-0.39, 0.29) is 16.7 Å². The molecular weight excluding hydrogens is 188 g/mol. The van der Waals surface area contributed by atoms with Crippen LogP contribution >= 0.6 is 0 Å². The van der Waals surface area contributed by atoms with Crippen molar-refractivity contribution in [2.75, 3.05) is 6.61 Å². The molecule has 1 aliphatic rings. The van der Waals surface area contributed by atoms with Crippen LogP contribution in [0, 0.1) is 22.7 Å². The van der Waals surface area contributed by atoms with Crippen molar-refractivity contribution in [1.82, 2.24) is 0 Å². The van der Waals surface area contributed by atoms with Crippen molar-refractivity contribution in [3.63, 3.8) is 0 Å². The monoisotopic (exact) mass is 214 g/mol.